The average Bonchev–Trinajstić information content (AvgIpc) is 3.08. The summed E-state index contributed by atoms with van der Waals surface area (Å²) in [5.41, 5.74) is 4.70. The number of nitrogens with zero attached hydrogens (tertiary/aromatic N) is 3. The van der Waals surface area contributed by atoms with Gasteiger partial charge in [-0.05, 0) is 75.9 Å². The van der Waals surface area contributed by atoms with Gasteiger partial charge >= 0.3 is 0 Å². The highest BCUT2D eigenvalue weighted by atomic mass is 16.6. The maximum absolute atomic E-state index is 5.64. The van der Waals surface area contributed by atoms with Crippen LogP contribution in [0.25, 0.3) is 0 Å². The van der Waals surface area contributed by atoms with E-state index in [4.69, 9.17) is 14.5 Å². The fourth-order valence-electron chi connectivity index (χ4n) is 4.12. The van der Waals surface area contributed by atoms with E-state index in [0.29, 0.717) is 25.0 Å². The molecule has 2 aromatic heterocycles. The Morgan fingerprint density at radius 3 is 2.69 bits per heavy atom. The third-order valence-electron chi connectivity index (χ3n) is 5.39. The largest absolute Gasteiger partial charge is 0.484 e. The van der Waals surface area contributed by atoms with Gasteiger partial charge < -0.3 is 9.47 Å². The molecular weight excluding hydrogens is 326 g/mol. The highest BCUT2D eigenvalue weighted by molar-refractivity contribution is 5.36. The summed E-state index contributed by atoms with van der Waals surface area (Å²) in [5.74, 6) is 2.09. The van der Waals surface area contributed by atoms with Crippen LogP contribution in [0.4, 0.5) is 0 Å². The Bertz CT molecular complexity index is 773. The molecule has 1 fully saturated rings. The maximum Gasteiger partial charge on any atom is 0.257 e. The minimum Gasteiger partial charge on any atom is -0.484 e. The zero-order valence-corrected chi connectivity index (χ0v) is 15.9. The summed E-state index contributed by atoms with van der Waals surface area (Å²) in [6.45, 7) is 9.80. The lowest BCUT2D eigenvalue weighted by atomic mass is 9.98. The summed E-state index contributed by atoms with van der Waals surface area (Å²) in [4.78, 5) is 11.7. The molecule has 0 amide bonds. The molecule has 0 N–H and O–H groups in total. The molecule has 0 bridgehead atoms. The van der Waals surface area contributed by atoms with Gasteiger partial charge in [0.1, 0.15) is 13.2 Å². The van der Waals surface area contributed by atoms with Crippen LogP contribution in [0.5, 0.6) is 11.6 Å². The van der Waals surface area contributed by atoms with Crippen molar-refractivity contribution in [3.05, 3.63) is 46.9 Å². The summed E-state index contributed by atoms with van der Waals surface area (Å²) in [6, 6.07) is 8.80. The molecule has 0 radical (unpaired) electrons. The minimum atomic E-state index is 0.289. The molecule has 0 saturated carbocycles. The molecule has 1 saturated heterocycles. The maximum atomic E-state index is 5.64. The number of aromatic nitrogens is 2. The number of rotatable bonds is 4. The number of pyridine rings is 2. The lowest BCUT2D eigenvalue weighted by Gasteiger charge is -2.25. The third kappa shape index (κ3) is 3.68. The Balaban J connectivity index is 1.41. The van der Waals surface area contributed by atoms with Crippen molar-refractivity contribution in [1.82, 2.24) is 14.9 Å². The number of hydrogen-bond donors (Lipinski definition) is 0. The van der Waals surface area contributed by atoms with E-state index in [9.17, 15) is 0 Å². The summed E-state index contributed by atoms with van der Waals surface area (Å²) in [5, 5.41) is 0. The first-order valence-corrected chi connectivity index (χ1v) is 9.53. The zero-order chi connectivity index (χ0) is 18.1. The second kappa shape index (κ2) is 7.23. The molecule has 4 heterocycles. The van der Waals surface area contributed by atoms with Crippen molar-refractivity contribution in [3.63, 3.8) is 0 Å². The highest BCUT2D eigenvalue weighted by Gasteiger charge is 2.28. The van der Waals surface area contributed by atoms with Gasteiger partial charge in [0.25, 0.3) is 5.88 Å². The van der Waals surface area contributed by atoms with Crippen molar-refractivity contribution < 1.29 is 9.47 Å². The first kappa shape index (κ1) is 17.3. The fourth-order valence-corrected chi connectivity index (χ4v) is 4.12. The molecule has 0 aliphatic carbocycles. The molecule has 4 rings (SSSR count). The minimum absolute atomic E-state index is 0.289. The van der Waals surface area contributed by atoms with Crippen LogP contribution in [0.15, 0.2) is 24.3 Å². The first-order valence-electron chi connectivity index (χ1n) is 9.53. The standard InChI is InChI=1S/C21H27N3O2/c1-14-10-18(11-15(2)22-14)12-17-6-7-24(13-17)16(3)19-4-5-20-21(23-19)26-9-8-25-20/h4-5,10-11,16-17H,6-9,12-13H2,1-3H3/t16?,17-/m0/s1. The summed E-state index contributed by atoms with van der Waals surface area (Å²) in [7, 11) is 0. The fraction of sp³-hybridized carbons (Fsp3) is 0.524. The molecule has 2 aliphatic rings. The number of aryl methyl sites for hydroxylation is 2. The Hall–Kier alpha value is -2.14. The van der Waals surface area contributed by atoms with E-state index in [-0.39, 0.29) is 6.04 Å². The quantitative estimate of drug-likeness (QED) is 0.842. The molecule has 1 unspecified atom stereocenters. The molecule has 5 nitrogen and oxygen atoms in total. The van der Waals surface area contributed by atoms with Crippen molar-refractivity contribution in [2.75, 3.05) is 26.3 Å². The van der Waals surface area contributed by atoms with Crippen molar-refractivity contribution in [2.24, 2.45) is 5.92 Å². The van der Waals surface area contributed by atoms with E-state index < -0.39 is 0 Å². The molecular formula is C21H27N3O2. The molecule has 2 aliphatic heterocycles. The third-order valence-corrected chi connectivity index (χ3v) is 5.39. The van der Waals surface area contributed by atoms with Gasteiger partial charge in [-0.3, -0.25) is 9.88 Å². The van der Waals surface area contributed by atoms with Crippen LogP contribution >= 0.6 is 0 Å². The summed E-state index contributed by atoms with van der Waals surface area (Å²) in [6.07, 6.45) is 2.36. The first-order chi connectivity index (χ1) is 12.6. The van der Waals surface area contributed by atoms with Gasteiger partial charge in [-0.2, -0.15) is 0 Å². The van der Waals surface area contributed by atoms with Crippen LogP contribution in [-0.2, 0) is 6.42 Å². The topological polar surface area (TPSA) is 47.5 Å². The number of ether oxygens (including phenoxy) is 2. The number of likely N-dealkylation sites (tertiary alicyclic amines) is 1. The van der Waals surface area contributed by atoms with Crippen LogP contribution < -0.4 is 9.47 Å². The number of hydrogen-bond acceptors (Lipinski definition) is 5. The molecule has 138 valence electrons. The van der Waals surface area contributed by atoms with Gasteiger partial charge in [-0.15, -0.1) is 0 Å². The van der Waals surface area contributed by atoms with Gasteiger partial charge in [0.15, 0.2) is 5.75 Å². The summed E-state index contributed by atoms with van der Waals surface area (Å²) >= 11 is 0. The van der Waals surface area contributed by atoms with Crippen LogP contribution in [-0.4, -0.2) is 41.2 Å². The second-order valence-corrected chi connectivity index (χ2v) is 7.52. The van der Waals surface area contributed by atoms with Crippen LogP contribution in [0, 0.1) is 19.8 Å². The van der Waals surface area contributed by atoms with Gasteiger partial charge in [0.2, 0.25) is 0 Å². The van der Waals surface area contributed by atoms with Crippen molar-refractivity contribution in [3.8, 4) is 11.6 Å². The van der Waals surface area contributed by atoms with Gasteiger partial charge in [-0.1, -0.05) is 0 Å². The second-order valence-electron chi connectivity index (χ2n) is 7.52. The molecule has 0 spiro atoms. The smallest absolute Gasteiger partial charge is 0.257 e. The van der Waals surface area contributed by atoms with E-state index in [1.807, 2.05) is 6.07 Å². The molecule has 2 aromatic rings. The predicted octanol–water partition coefficient (Wildman–Crippen LogP) is 3.49. The highest BCUT2D eigenvalue weighted by Crippen LogP contribution is 2.33. The number of fused-ring (bicyclic) bond motifs is 1. The van der Waals surface area contributed by atoms with E-state index >= 15 is 0 Å². The average molecular weight is 353 g/mol. The lowest BCUT2D eigenvalue weighted by Crippen LogP contribution is -2.26. The summed E-state index contributed by atoms with van der Waals surface area (Å²) < 4.78 is 11.2. The normalized spacial score (nSPS) is 21.0. The lowest BCUT2D eigenvalue weighted by molar-refractivity contribution is 0.162. The Labute approximate surface area is 155 Å². The SMILES string of the molecule is Cc1cc(C[C@@H]2CCN(C(C)c3ccc4c(n3)OCCO4)C2)cc(C)n1. The van der Waals surface area contributed by atoms with E-state index in [2.05, 4.69) is 48.9 Å². The van der Waals surface area contributed by atoms with Crippen molar-refractivity contribution in [2.45, 2.75) is 39.7 Å². The van der Waals surface area contributed by atoms with E-state index in [1.165, 1.54) is 12.0 Å². The van der Waals surface area contributed by atoms with E-state index in [0.717, 1.165) is 42.3 Å². The molecule has 0 aromatic carbocycles. The Morgan fingerprint density at radius 1 is 1.12 bits per heavy atom. The Kier molecular flexibility index (Phi) is 4.81. The van der Waals surface area contributed by atoms with Crippen molar-refractivity contribution in [1.29, 1.82) is 0 Å². The molecule has 26 heavy (non-hydrogen) atoms. The predicted molar refractivity (Wildman–Crippen MR) is 101 cm³/mol. The van der Waals surface area contributed by atoms with E-state index in [1.54, 1.807) is 0 Å². The van der Waals surface area contributed by atoms with Crippen LogP contribution in [0.3, 0.4) is 0 Å². The van der Waals surface area contributed by atoms with Crippen LogP contribution in [0.2, 0.25) is 0 Å². The van der Waals surface area contributed by atoms with Crippen LogP contribution in [0.1, 0.15) is 42.0 Å². The van der Waals surface area contributed by atoms with Gasteiger partial charge in [0.05, 0.1) is 5.69 Å². The monoisotopic (exact) mass is 353 g/mol. The molecule has 2 atom stereocenters. The van der Waals surface area contributed by atoms with Crippen molar-refractivity contribution >= 4 is 0 Å². The van der Waals surface area contributed by atoms with Gasteiger partial charge in [-0.25, -0.2) is 4.98 Å². The van der Waals surface area contributed by atoms with Gasteiger partial charge in [0, 0.05) is 24.0 Å². The zero-order valence-electron chi connectivity index (χ0n) is 15.9. The Morgan fingerprint density at radius 2 is 1.88 bits per heavy atom. The molecule has 5 heteroatoms.